The second kappa shape index (κ2) is 10.3. The highest BCUT2D eigenvalue weighted by Crippen LogP contribution is 2.35. The fourth-order valence-electron chi connectivity index (χ4n) is 2.54. The van der Waals surface area contributed by atoms with Crippen molar-refractivity contribution in [1.82, 2.24) is 5.43 Å². The maximum absolute atomic E-state index is 12.0. The lowest BCUT2D eigenvalue weighted by molar-refractivity contribution is -0.129. The van der Waals surface area contributed by atoms with Gasteiger partial charge in [0.15, 0.2) is 6.10 Å². The number of amides is 1. The Morgan fingerprint density at radius 3 is 2.24 bits per heavy atom. The van der Waals surface area contributed by atoms with Crippen LogP contribution in [0.4, 0.5) is 0 Å². The molecule has 0 radical (unpaired) electrons. The highest BCUT2D eigenvalue weighted by Gasteiger charge is 2.16. The van der Waals surface area contributed by atoms with Crippen molar-refractivity contribution in [1.29, 1.82) is 0 Å². The number of nitrogens with zero attached hydrogens (tertiary/aromatic N) is 1. The third kappa shape index (κ3) is 6.00. The summed E-state index contributed by atoms with van der Waals surface area (Å²) in [6.45, 7) is 0.443. The van der Waals surface area contributed by atoms with Crippen LogP contribution in [0.5, 0.6) is 5.75 Å². The minimum absolute atomic E-state index is 0.443. The number of ether oxygens (including phenoxy) is 1. The van der Waals surface area contributed by atoms with Crippen molar-refractivity contribution >= 4 is 44.0 Å². The molecule has 0 aromatic heterocycles. The van der Waals surface area contributed by atoms with Crippen molar-refractivity contribution in [3.8, 4) is 5.75 Å². The zero-order valence-corrected chi connectivity index (χ0v) is 18.4. The van der Waals surface area contributed by atoms with Gasteiger partial charge < -0.3 is 9.84 Å². The van der Waals surface area contributed by atoms with Crippen LogP contribution in [-0.4, -0.2) is 17.2 Å². The summed E-state index contributed by atoms with van der Waals surface area (Å²) in [5.41, 5.74) is 4.66. The molecule has 3 aromatic rings. The molecule has 1 atom stereocenters. The third-order valence-electron chi connectivity index (χ3n) is 4.00. The molecule has 0 heterocycles. The van der Waals surface area contributed by atoms with Gasteiger partial charge in [-0.1, -0.05) is 60.7 Å². The summed E-state index contributed by atoms with van der Waals surface area (Å²) in [5.74, 6) is 0.0722. The first-order chi connectivity index (χ1) is 14.0. The van der Waals surface area contributed by atoms with Crippen LogP contribution in [0.25, 0.3) is 0 Å². The van der Waals surface area contributed by atoms with E-state index >= 15 is 0 Å². The van der Waals surface area contributed by atoms with Crippen LogP contribution in [-0.2, 0) is 11.4 Å². The van der Waals surface area contributed by atoms with Gasteiger partial charge in [-0.25, -0.2) is 5.43 Å². The van der Waals surface area contributed by atoms with Gasteiger partial charge in [-0.3, -0.25) is 4.79 Å². The summed E-state index contributed by atoms with van der Waals surface area (Å²) in [5, 5.41) is 14.0. The Bertz CT molecular complexity index is 972. The van der Waals surface area contributed by atoms with E-state index < -0.39 is 12.0 Å². The van der Waals surface area contributed by atoms with E-state index in [0.717, 1.165) is 20.1 Å². The number of rotatable bonds is 7. The first-order valence-electron chi connectivity index (χ1n) is 8.76. The molecular formula is C22H18Br2N2O3. The van der Waals surface area contributed by atoms with Crippen LogP contribution in [0.15, 0.2) is 86.8 Å². The van der Waals surface area contributed by atoms with Crippen LogP contribution < -0.4 is 10.2 Å². The Kier molecular flexibility index (Phi) is 7.57. The summed E-state index contributed by atoms with van der Waals surface area (Å²) in [6, 6.07) is 22.2. The standard InChI is InChI=1S/C22H18Br2N2O3/c23-18-11-16(12-19(24)21(18)29-14-15-7-3-1-4-8-15)13-25-26-22(28)20(27)17-9-5-2-6-10-17/h1-13,20,27H,14H2,(H,26,28)/b25-13-/t20-/m0/s1. The average molecular weight is 518 g/mol. The highest BCUT2D eigenvalue weighted by atomic mass is 79.9. The Labute approximate surface area is 185 Å². The summed E-state index contributed by atoms with van der Waals surface area (Å²) >= 11 is 7.00. The molecule has 148 valence electrons. The van der Waals surface area contributed by atoms with Crippen molar-refractivity contribution in [3.63, 3.8) is 0 Å². The minimum atomic E-state index is -1.28. The van der Waals surface area contributed by atoms with E-state index in [1.54, 1.807) is 24.3 Å². The lowest BCUT2D eigenvalue weighted by atomic mass is 10.1. The molecule has 3 rings (SSSR count). The molecule has 0 aliphatic carbocycles. The number of hydrogen-bond acceptors (Lipinski definition) is 4. The van der Waals surface area contributed by atoms with Gasteiger partial charge in [-0.05, 0) is 60.7 Å². The average Bonchev–Trinajstić information content (AvgIpc) is 2.74. The quantitative estimate of drug-likeness (QED) is 0.343. The molecule has 0 bridgehead atoms. The zero-order chi connectivity index (χ0) is 20.6. The van der Waals surface area contributed by atoms with E-state index in [9.17, 15) is 9.90 Å². The molecule has 0 aliphatic heterocycles. The predicted octanol–water partition coefficient (Wildman–Crippen LogP) is 4.97. The number of benzene rings is 3. The van der Waals surface area contributed by atoms with Crippen molar-refractivity contribution in [2.24, 2.45) is 5.10 Å². The number of aliphatic hydroxyl groups is 1. The van der Waals surface area contributed by atoms with Crippen molar-refractivity contribution in [3.05, 3.63) is 98.4 Å². The number of halogens is 2. The van der Waals surface area contributed by atoms with Gasteiger partial charge in [-0.15, -0.1) is 0 Å². The number of carbonyl (C=O) groups excluding carboxylic acids is 1. The first kappa shape index (κ1) is 21.2. The third-order valence-corrected chi connectivity index (χ3v) is 5.18. The molecule has 2 N–H and O–H groups in total. The molecule has 5 nitrogen and oxygen atoms in total. The SMILES string of the molecule is O=C(N/N=C\c1cc(Br)c(OCc2ccccc2)c(Br)c1)[C@@H](O)c1ccccc1. The molecule has 0 spiro atoms. The van der Waals surface area contributed by atoms with Gasteiger partial charge >= 0.3 is 0 Å². The molecule has 0 saturated heterocycles. The van der Waals surface area contributed by atoms with Crippen molar-refractivity contribution in [2.45, 2.75) is 12.7 Å². The molecule has 29 heavy (non-hydrogen) atoms. The fourth-order valence-corrected chi connectivity index (χ4v) is 3.99. The topological polar surface area (TPSA) is 70.9 Å². The maximum Gasteiger partial charge on any atom is 0.273 e. The lowest BCUT2D eigenvalue weighted by Crippen LogP contribution is -2.25. The zero-order valence-electron chi connectivity index (χ0n) is 15.3. The molecular weight excluding hydrogens is 500 g/mol. The normalized spacial score (nSPS) is 12.0. The van der Waals surface area contributed by atoms with Gasteiger partial charge in [0.25, 0.3) is 5.91 Å². The smallest absolute Gasteiger partial charge is 0.273 e. The molecule has 0 fully saturated rings. The van der Waals surface area contributed by atoms with Gasteiger partial charge in [-0.2, -0.15) is 5.10 Å². The lowest BCUT2D eigenvalue weighted by Gasteiger charge is -2.11. The number of nitrogens with one attached hydrogen (secondary N) is 1. The van der Waals surface area contributed by atoms with E-state index in [1.165, 1.54) is 6.21 Å². The van der Waals surface area contributed by atoms with Crippen LogP contribution >= 0.6 is 31.9 Å². The Morgan fingerprint density at radius 1 is 1.03 bits per heavy atom. The summed E-state index contributed by atoms with van der Waals surface area (Å²) < 4.78 is 7.39. The van der Waals surface area contributed by atoms with E-state index in [2.05, 4.69) is 42.4 Å². The largest absolute Gasteiger partial charge is 0.487 e. The van der Waals surface area contributed by atoms with Crippen molar-refractivity contribution in [2.75, 3.05) is 0 Å². The Hall–Kier alpha value is -2.48. The second-order valence-corrected chi connectivity index (χ2v) is 7.84. The first-order valence-corrected chi connectivity index (χ1v) is 10.3. The van der Waals surface area contributed by atoms with Crippen LogP contribution in [0.3, 0.4) is 0 Å². The van der Waals surface area contributed by atoms with E-state index in [0.29, 0.717) is 17.9 Å². The van der Waals surface area contributed by atoms with Gasteiger partial charge in [0.1, 0.15) is 12.4 Å². The minimum Gasteiger partial charge on any atom is -0.487 e. The molecule has 0 unspecified atom stereocenters. The highest BCUT2D eigenvalue weighted by molar-refractivity contribution is 9.11. The van der Waals surface area contributed by atoms with Gasteiger partial charge in [0, 0.05) is 0 Å². The van der Waals surface area contributed by atoms with E-state index in [-0.39, 0.29) is 0 Å². The summed E-state index contributed by atoms with van der Waals surface area (Å²) in [4.78, 5) is 12.0. The molecule has 3 aromatic carbocycles. The monoisotopic (exact) mass is 516 g/mol. The van der Waals surface area contributed by atoms with Crippen molar-refractivity contribution < 1.29 is 14.6 Å². The van der Waals surface area contributed by atoms with E-state index in [1.807, 2.05) is 48.5 Å². The number of hydrazone groups is 1. The van der Waals surface area contributed by atoms with Gasteiger partial charge in [0.2, 0.25) is 0 Å². The summed E-state index contributed by atoms with van der Waals surface area (Å²) in [6.07, 6.45) is 0.215. The number of carbonyl (C=O) groups is 1. The maximum atomic E-state index is 12.0. The molecule has 0 saturated carbocycles. The van der Waals surface area contributed by atoms with Crippen LogP contribution in [0.2, 0.25) is 0 Å². The Balaban J connectivity index is 1.61. The van der Waals surface area contributed by atoms with E-state index in [4.69, 9.17) is 4.74 Å². The van der Waals surface area contributed by atoms with Crippen LogP contribution in [0.1, 0.15) is 22.8 Å². The second-order valence-electron chi connectivity index (χ2n) is 6.14. The Morgan fingerprint density at radius 2 is 1.62 bits per heavy atom. The molecule has 7 heteroatoms. The fraction of sp³-hybridized carbons (Fsp3) is 0.0909. The van der Waals surface area contributed by atoms with Gasteiger partial charge in [0.05, 0.1) is 15.2 Å². The summed E-state index contributed by atoms with van der Waals surface area (Å²) in [7, 11) is 0. The molecule has 1 amide bonds. The number of aliphatic hydroxyl groups excluding tert-OH is 1. The number of hydrogen-bond donors (Lipinski definition) is 2. The predicted molar refractivity (Wildman–Crippen MR) is 120 cm³/mol. The molecule has 0 aliphatic rings. The van der Waals surface area contributed by atoms with Crippen LogP contribution in [0, 0.1) is 0 Å².